The van der Waals surface area contributed by atoms with Crippen molar-refractivity contribution in [3.05, 3.63) is 28.2 Å². The minimum absolute atomic E-state index is 0.0334. The number of nitrogens with zero attached hydrogens (tertiary/aromatic N) is 1. The van der Waals surface area contributed by atoms with Crippen LogP contribution in [0.2, 0.25) is 0 Å². The van der Waals surface area contributed by atoms with Gasteiger partial charge in [0.1, 0.15) is 5.75 Å². The highest BCUT2D eigenvalue weighted by Crippen LogP contribution is 2.31. The highest BCUT2D eigenvalue weighted by Gasteiger charge is 2.31. The van der Waals surface area contributed by atoms with Crippen molar-refractivity contribution in [2.75, 3.05) is 20.2 Å². The van der Waals surface area contributed by atoms with Gasteiger partial charge in [-0.15, -0.1) is 0 Å². The summed E-state index contributed by atoms with van der Waals surface area (Å²) in [6.07, 6.45) is 0. The van der Waals surface area contributed by atoms with E-state index in [1.54, 1.807) is 12.0 Å². The van der Waals surface area contributed by atoms with Crippen LogP contribution in [0.5, 0.6) is 5.75 Å². The van der Waals surface area contributed by atoms with E-state index in [4.69, 9.17) is 10.5 Å². The first kappa shape index (κ1) is 14.1. The van der Waals surface area contributed by atoms with Crippen LogP contribution in [-0.4, -0.2) is 37.2 Å². The lowest BCUT2D eigenvalue weighted by molar-refractivity contribution is 0.215. The highest BCUT2D eigenvalue weighted by molar-refractivity contribution is 9.10. The van der Waals surface area contributed by atoms with Gasteiger partial charge >= 0.3 is 6.03 Å². The van der Waals surface area contributed by atoms with Crippen molar-refractivity contribution < 1.29 is 9.53 Å². The first-order chi connectivity index (χ1) is 9.01. The lowest BCUT2D eigenvalue weighted by Gasteiger charge is -2.17. The van der Waals surface area contributed by atoms with Gasteiger partial charge in [0, 0.05) is 29.2 Å². The minimum atomic E-state index is -0.0793. The number of urea groups is 1. The van der Waals surface area contributed by atoms with Crippen LogP contribution in [0, 0.1) is 0 Å². The molecule has 2 atom stereocenters. The lowest BCUT2D eigenvalue weighted by Crippen LogP contribution is -2.37. The Labute approximate surface area is 121 Å². The second-order valence-corrected chi connectivity index (χ2v) is 5.69. The van der Waals surface area contributed by atoms with E-state index in [0.29, 0.717) is 13.1 Å². The van der Waals surface area contributed by atoms with Crippen LogP contribution in [0.1, 0.15) is 18.5 Å². The second kappa shape index (κ2) is 5.79. The summed E-state index contributed by atoms with van der Waals surface area (Å²) in [6, 6.07) is 5.59. The fourth-order valence-corrected chi connectivity index (χ4v) is 2.63. The maximum Gasteiger partial charge on any atom is 0.318 e. The van der Waals surface area contributed by atoms with Crippen molar-refractivity contribution in [2.45, 2.75) is 19.0 Å². The van der Waals surface area contributed by atoms with Gasteiger partial charge in [-0.1, -0.05) is 15.9 Å². The predicted octanol–water partition coefficient (Wildman–Crippen LogP) is 1.87. The Bertz CT molecular complexity index is 479. The molecule has 1 fully saturated rings. The fourth-order valence-electron chi connectivity index (χ4n) is 2.25. The number of amides is 2. The van der Waals surface area contributed by atoms with Gasteiger partial charge in [-0.3, -0.25) is 0 Å². The molecule has 1 aliphatic rings. The molecule has 3 N–H and O–H groups in total. The molecule has 2 rings (SSSR count). The van der Waals surface area contributed by atoms with Crippen molar-refractivity contribution in [2.24, 2.45) is 5.73 Å². The molecule has 0 aromatic heterocycles. The molecule has 1 saturated heterocycles. The summed E-state index contributed by atoms with van der Waals surface area (Å²) in [5.74, 6) is 0.774. The van der Waals surface area contributed by atoms with E-state index in [2.05, 4.69) is 21.2 Å². The van der Waals surface area contributed by atoms with E-state index in [0.717, 1.165) is 15.8 Å². The zero-order valence-electron chi connectivity index (χ0n) is 11.0. The SMILES string of the molecule is COc1ccc(Br)cc1C1CN(CC(C)N)C(=O)N1. The number of benzene rings is 1. The molecular weight excluding hydrogens is 310 g/mol. The maximum atomic E-state index is 11.9. The Morgan fingerprint density at radius 3 is 3.00 bits per heavy atom. The zero-order chi connectivity index (χ0) is 14.0. The average Bonchev–Trinajstić information content (AvgIpc) is 2.70. The predicted molar refractivity (Wildman–Crippen MR) is 77.2 cm³/mol. The number of carbonyl (C=O) groups is 1. The lowest BCUT2D eigenvalue weighted by atomic mass is 10.1. The van der Waals surface area contributed by atoms with Crippen molar-refractivity contribution in [1.29, 1.82) is 0 Å². The van der Waals surface area contributed by atoms with E-state index in [1.807, 2.05) is 25.1 Å². The largest absolute Gasteiger partial charge is 0.496 e. The van der Waals surface area contributed by atoms with Crippen LogP contribution in [-0.2, 0) is 0 Å². The number of hydrogen-bond donors (Lipinski definition) is 2. The van der Waals surface area contributed by atoms with Gasteiger partial charge in [0.25, 0.3) is 0 Å². The summed E-state index contributed by atoms with van der Waals surface area (Å²) in [5.41, 5.74) is 6.71. The molecule has 1 aliphatic heterocycles. The number of hydrogen-bond acceptors (Lipinski definition) is 3. The van der Waals surface area contributed by atoms with Gasteiger partial charge in [0.2, 0.25) is 0 Å². The van der Waals surface area contributed by atoms with E-state index in [9.17, 15) is 4.79 Å². The van der Waals surface area contributed by atoms with Crippen LogP contribution in [0.15, 0.2) is 22.7 Å². The number of nitrogens with two attached hydrogens (primary N) is 1. The second-order valence-electron chi connectivity index (χ2n) is 4.77. The van der Waals surface area contributed by atoms with Crippen LogP contribution in [0.3, 0.4) is 0 Å². The highest BCUT2D eigenvalue weighted by atomic mass is 79.9. The summed E-state index contributed by atoms with van der Waals surface area (Å²) in [4.78, 5) is 13.6. The molecule has 0 spiro atoms. The summed E-state index contributed by atoms with van der Waals surface area (Å²) >= 11 is 3.44. The van der Waals surface area contributed by atoms with Crippen LogP contribution >= 0.6 is 15.9 Å². The Morgan fingerprint density at radius 1 is 1.63 bits per heavy atom. The molecule has 0 saturated carbocycles. The average molecular weight is 328 g/mol. The standard InChI is InChI=1S/C13H18BrN3O2/c1-8(15)6-17-7-11(16-13(17)18)10-5-9(14)3-4-12(10)19-2/h3-5,8,11H,6-7,15H2,1-2H3,(H,16,18). The van der Waals surface area contributed by atoms with Crippen molar-refractivity contribution >= 4 is 22.0 Å². The number of nitrogens with one attached hydrogen (secondary N) is 1. The first-order valence-corrected chi connectivity index (χ1v) is 6.95. The van der Waals surface area contributed by atoms with Crippen LogP contribution in [0.25, 0.3) is 0 Å². The topological polar surface area (TPSA) is 67.6 Å². The zero-order valence-corrected chi connectivity index (χ0v) is 12.6. The smallest absolute Gasteiger partial charge is 0.318 e. The Morgan fingerprint density at radius 2 is 2.37 bits per heavy atom. The van der Waals surface area contributed by atoms with Crippen molar-refractivity contribution in [3.63, 3.8) is 0 Å². The van der Waals surface area contributed by atoms with Gasteiger partial charge < -0.3 is 20.7 Å². The maximum absolute atomic E-state index is 11.9. The molecule has 6 heteroatoms. The number of carbonyl (C=O) groups excluding carboxylic acids is 1. The van der Waals surface area contributed by atoms with Gasteiger partial charge in [0.15, 0.2) is 0 Å². The number of halogens is 1. The summed E-state index contributed by atoms with van der Waals surface area (Å²) in [6.45, 7) is 3.05. The molecule has 1 aromatic rings. The number of ether oxygens (including phenoxy) is 1. The molecule has 1 heterocycles. The molecule has 0 aliphatic carbocycles. The van der Waals surface area contributed by atoms with E-state index >= 15 is 0 Å². The quantitative estimate of drug-likeness (QED) is 0.887. The molecule has 104 valence electrons. The third-order valence-corrected chi connectivity index (χ3v) is 3.56. The molecule has 0 bridgehead atoms. The summed E-state index contributed by atoms with van der Waals surface area (Å²) in [5, 5.41) is 2.96. The Hall–Kier alpha value is -1.27. The molecule has 0 radical (unpaired) electrons. The monoisotopic (exact) mass is 327 g/mol. The van der Waals surface area contributed by atoms with Gasteiger partial charge in [-0.05, 0) is 25.1 Å². The normalized spacial score (nSPS) is 20.3. The van der Waals surface area contributed by atoms with E-state index < -0.39 is 0 Å². The number of methoxy groups -OCH3 is 1. The molecule has 2 amide bonds. The Balaban J connectivity index is 2.20. The molecule has 2 unspecified atom stereocenters. The molecular formula is C13H18BrN3O2. The van der Waals surface area contributed by atoms with Crippen molar-refractivity contribution in [1.82, 2.24) is 10.2 Å². The van der Waals surface area contributed by atoms with Crippen molar-refractivity contribution in [3.8, 4) is 5.75 Å². The number of rotatable bonds is 4. The summed E-state index contributed by atoms with van der Waals surface area (Å²) < 4.78 is 6.31. The minimum Gasteiger partial charge on any atom is -0.496 e. The van der Waals surface area contributed by atoms with Crippen LogP contribution < -0.4 is 15.8 Å². The van der Waals surface area contributed by atoms with E-state index in [1.165, 1.54) is 0 Å². The van der Waals surface area contributed by atoms with Gasteiger partial charge in [0.05, 0.1) is 13.2 Å². The van der Waals surface area contributed by atoms with Gasteiger partial charge in [-0.2, -0.15) is 0 Å². The first-order valence-electron chi connectivity index (χ1n) is 6.15. The Kier molecular flexibility index (Phi) is 4.31. The van der Waals surface area contributed by atoms with Gasteiger partial charge in [-0.25, -0.2) is 4.79 Å². The molecule has 1 aromatic carbocycles. The third kappa shape index (κ3) is 3.19. The molecule has 5 nitrogen and oxygen atoms in total. The summed E-state index contributed by atoms with van der Waals surface area (Å²) in [7, 11) is 1.63. The third-order valence-electron chi connectivity index (χ3n) is 3.06. The van der Waals surface area contributed by atoms with E-state index in [-0.39, 0.29) is 18.1 Å². The fraction of sp³-hybridized carbons (Fsp3) is 0.462. The molecule has 19 heavy (non-hydrogen) atoms. The van der Waals surface area contributed by atoms with Crippen LogP contribution in [0.4, 0.5) is 4.79 Å².